The zero-order valence-electron chi connectivity index (χ0n) is 15.9. The lowest BCUT2D eigenvalue weighted by atomic mass is 10.1. The van der Waals surface area contributed by atoms with Crippen molar-refractivity contribution in [3.05, 3.63) is 86.9 Å². The summed E-state index contributed by atoms with van der Waals surface area (Å²) in [7, 11) is 0. The van der Waals surface area contributed by atoms with E-state index in [1.807, 2.05) is 5.32 Å². The molecule has 0 unspecified atom stereocenters. The molecule has 2 aromatic carbocycles. The molecule has 0 bridgehead atoms. The van der Waals surface area contributed by atoms with E-state index in [2.05, 4.69) is 0 Å². The van der Waals surface area contributed by atoms with Gasteiger partial charge >= 0.3 is 6.03 Å². The van der Waals surface area contributed by atoms with Gasteiger partial charge in [-0.25, -0.2) is 14.1 Å². The van der Waals surface area contributed by atoms with Crippen LogP contribution in [0.25, 0.3) is 17.4 Å². The number of rotatable bonds is 4. The Hall–Kier alpha value is -4.31. The number of hydrogen-bond donors (Lipinski definition) is 1. The predicted molar refractivity (Wildman–Crippen MR) is 111 cm³/mol. The molecule has 1 fully saturated rings. The van der Waals surface area contributed by atoms with Crippen LogP contribution in [0.15, 0.2) is 64.6 Å². The highest BCUT2D eigenvalue weighted by atomic mass is 35.5. The highest BCUT2D eigenvalue weighted by molar-refractivity contribution is 6.39. The first kappa shape index (κ1) is 20.9. The van der Waals surface area contributed by atoms with E-state index in [0.29, 0.717) is 4.90 Å². The molecule has 160 valence electrons. The van der Waals surface area contributed by atoms with Crippen LogP contribution >= 0.6 is 11.6 Å². The van der Waals surface area contributed by atoms with Crippen LogP contribution < -0.4 is 10.2 Å². The smallest absolute Gasteiger partial charge is 0.336 e. The van der Waals surface area contributed by atoms with Crippen molar-refractivity contribution < 1.29 is 28.1 Å². The fraction of sp³-hybridized carbons (Fsp3) is 0. The van der Waals surface area contributed by atoms with Gasteiger partial charge in [0.15, 0.2) is 0 Å². The molecule has 1 aromatic heterocycles. The Kier molecular flexibility index (Phi) is 5.29. The molecular weight excluding hydrogens is 445 g/mol. The first-order valence-corrected chi connectivity index (χ1v) is 9.34. The Bertz CT molecular complexity index is 1330. The van der Waals surface area contributed by atoms with E-state index < -0.39 is 34.2 Å². The molecule has 4 rings (SSSR count). The van der Waals surface area contributed by atoms with E-state index >= 15 is 0 Å². The number of urea groups is 1. The zero-order valence-corrected chi connectivity index (χ0v) is 16.6. The van der Waals surface area contributed by atoms with Gasteiger partial charge in [0, 0.05) is 11.1 Å². The minimum Gasteiger partial charge on any atom is -0.456 e. The number of carbonyl (C=O) groups excluding carboxylic acids is 3. The van der Waals surface area contributed by atoms with Crippen LogP contribution in [0.3, 0.4) is 0 Å². The second-order valence-electron chi connectivity index (χ2n) is 6.53. The van der Waals surface area contributed by atoms with Gasteiger partial charge in [-0.3, -0.25) is 25.0 Å². The number of nitrogens with one attached hydrogen (secondary N) is 1. The summed E-state index contributed by atoms with van der Waals surface area (Å²) in [6.45, 7) is 0. The Labute approximate surface area is 183 Å². The highest BCUT2D eigenvalue weighted by Crippen LogP contribution is 2.34. The normalized spacial score (nSPS) is 15.2. The van der Waals surface area contributed by atoms with Crippen molar-refractivity contribution in [2.45, 2.75) is 0 Å². The third kappa shape index (κ3) is 3.74. The van der Waals surface area contributed by atoms with Gasteiger partial charge in [-0.1, -0.05) is 23.7 Å². The SMILES string of the molecule is O=C1NC(=O)N(c2ccccc2F)C(=O)C1=Cc1ccc(-c2ccc(Cl)cc2[N+](=O)[O-])o1. The Morgan fingerprint density at radius 2 is 1.84 bits per heavy atom. The van der Waals surface area contributed by atoms with E-state index in [-0.39, 0.29) is 33.5 Å². The second kappa shape index (κ2) is 8.08. The van der Waals surface area contributed by atoms with Crippen molar-refractivity contribution in [1.82, 2.24) is 5.32 Å². The van der Waals surface area contributed by atoms with E-state index in [1.165, 1.54) is 42.5 Å². The number of anilines is 1. The lowest BCUT2D eigenvalue weighted by molar-refractivity contribution is -0.384. The summed E-state index contributed by atoms with van der Waals surface area (Å²) >= 11 is 5.82. The summed E-state index contributed by atoms with van der Waals surface area (Å²) in [5.41, 5.74) is -0.981. The first-order chi connectivity index (χ1) is 15.3. The third-order valence-corrected chi connectivity index (χ3v) is 4.77. The van der Waals surface area contributed by atoms with E-state index in [0.717, 1.165) is 18.2 Å². The number of amides is 4. The maximum absolute atomic E-state index is 14.1. The molecule has 0 spiro atoms. The average molecular weight is 456 g/mol. The molecule has 1 aliphatic heterocycles. The van der Waals surface area contributed by atoms with Crippen molar-refractivity contribution in [1.29, 1.82) is 0 Å². The fourth-order valence-electron chi connectivity index (χ4n) is 3.09. The monoisotopic (exact) mass is 455 g/mol. The van der Waals surface area contributed by atoms with Gasteiger partial charge < -0.3 is 4.42 Å². The van der Waals surface area contributed by atoms with Crippen molar-refractivity contribution in [3.8, 4) is 11.3 Å². The summed E-state index contributed by atoms with van der Waals surface area (Å²) in [6, 6.07) is 10.8. The third-order valence-electron chi connectivity index (χ3n) is 4.53. The number of imide groups is 2. The topological polar surface area (TPSA) is 123 Å². The van der Waals surface area contributed by atoms with Gasteiger partial charge in [-0.15, -0.1) is 0 Å². The lowest BCUT2D eigenvalue weighted by Crippen LogP contribution is -2.54. The molecule has 9 nitrogen and oxygen atoms in total. The van der Waals surface area contributed by atoms with Gasteiger partial charge in [0.2, 0.25) is 0 Å². The molecule has 0 saturated carbocycles. The summed E-state index contributed by atoms with van der Waals surface area (Å²) in [5.74, 6) is -2.79. The number of hydrogen-bond acceptors (Lipinski definition) is 6. The summed E-state index contributed by atoms with van der Waals surface area (Å²) in [5, 5.41) is 13.4. The number of furan rings is 1. The number of carbonyl (C=O) groups is 3. The van der Waals surface area contributed by atoms with Gasteiger partial charge in [0.05, 0.1) is 16.2 Å². The van der Waals surface area contributed by atoms with Gasteiger partial charge in [0.1, 0.15) is 22.9 Å². The second-order valence-corrected chi connectivity index (χ2v) is 6.97. The van der Waals surface area contributed by atoms with E-state index in [1.54, 1.807) is 0 Å². The van der Waals surface area contributed by atoms with Crippen molar-refractivity contribution >= 4 is 46.9 Å². The maximum Gasteiger partial charge on any atom is 0.336 e. The number of nitro groups is 1. The van der Waals surface area contributed by atoms with Gasteiger partial charge in [-0.05, 0) is 42.5 Å². The summed E-state index contributed by atoms with van der Waals surface area (Å²) in [6.07, 6.45) is 1.06. The number of barbiturate groups is 1. The largest absolute Gasteiger partial charge is 0.456 e. The van der Waals surface area contributed by atoms with Gasteiger partial charge in [-0.2, -0.15) is 0 Å². The number of benzene rings is 2. The predicted octanol–water partition coefficient (Wildman–Crippen LogP) is 4.31. The standard InChI is InChI=1S/C21H11ClFN3O6/c22-11-5-7-13(17(9-11)26(30)31)18-8-6-12(32-18)10-14-19(27)24-21(29)25(20(14)28)16-4-2-1-3-15(16)23/h1-10H,(H,24,27,29). The van der Waals surface area contributed by atoms with E-state index in [9.17, 15) is 28.9 Å². The van der Waals surface area contributed by atoms with Crippen LogP contribution in [0.1, 0.15) is 5.76 Å². The van der Waals surface area contributed by atoms with Crippen molar-refractivity contribution in [2.75, 3.05) is 4.90 Å². The Morgan fingerprint density at radius 1 is 1.09 bits per heavy atom. The summed E-state index contributed by atoms with van der Waals surface area (Å²) in [4.78, 5) is 48.4. The van der Waals surface area contributed by atoms with Crippen LogP contribution in [-0.2, 0) is 9.59 Å². The van der Waals surface area contributed by atoms with Crippen LogP contribution in [0, 0.1) is 15.9 Å². The molecule has 1 aliphatic rings. The molecule has 4 amide bonds. The van der Waals surface area contributed by atoms with Gasteiger partial charge in [0.25, 0.3) is 17.5 Å². The molecule has 3 aromatic rings. The van der Waals surface area contributed by atoms with Crippen molar-refractivity contribution in [3.63, 3.8) is 0 Å². The summed E-state index contributed by atoms with van der Waals surface area (Å²) < 4.78 is 19.7. The van der Waals surface area contributed by atoms with Crippen LogP contribution in [0.2, 0.25) is 5.02 Å². The lowest BCUT2D eigenvalue weighted by Gasteiger charge is -2.26. The molecule has 0 radical (unpaired) electrons. The molecule has 0 aliphatic carbocycles. The number of nitro benzene ring substituents is 1. The molecule has 2 heterocycles. The number of halogens is 2. The molecule has 1 saturated heterocycles. The quantitative estimate of drug-likeness (QED) is 0.270. The minimum absolute atomic E-state index is 0.00517. The minimum atomic E-state index is -1.10. The maximum atomic E-state index is 14.1. The molecule has 32 heavy (non-hydrogen) atoms. The average Bonchev–Trinajstić information content (AvgIpc) is 3.20. The first-order valence-electron chi connectivity index (χ1n) is 8.96. The molecular formula is C21H11ClFN3O6. The van der Waals surface area contributed by atoms with E-state index in [4.69, 9.17) is 16.0 Å². The van der Waals surface area contributed by atoms with Crippen molar-refractivity contribution in [2.24, 2.45) is 0 Å². The van der Waals surface area contributed by atoms with Crippen LogP contribution in [0.4, 0.5) is 20.6 Å². The van der Waals surface area contributed by atoms with Crippen LogP contribution in [0.5, 0.6) is 0 Å². The molecule has 11 heteroatoms. The Balaban J connectivity index is 1.72. The zero-order chi connectivity index (χ0) is 23.0. The molecule has 0 atom stereocenters. The van der Waals surface area contributed by atoms with Crippen LogP contribution in [-0.4, -0.2) is 22.8 Å². The highest BCUT2D eigenvalue weighted by Gasteiger charge is 2.38. The number of para-hydroxylation sites is 1. The molecule has 1 N–H and O–H groups in total. The Morgan fingerprint density at radius 3 is 2.56 bits per heavy atom. The fourth-order valence-corrected chi connectivity index (χ4v) is 3.26. The number of nitrogens with zero attached hydrogens (tertiary/aromatic N) is 2.